The van der Waals surface area contributed by atoms with Crippen molar-refractivity contribution in [1.29, 1.82) is 0 Å². The van der Waals surface area contributed by atoms with Crippen molar-refractivity contribution in [3.8, 4) is 11.5 Å². The number of halogens is 1. The molecule has 0 saturated carbocycles. The Morgan fingerprint density at radius 3 is 2.57 bits per heavy atom. The monoisotopic (exact) mass is 485 g/mol. The maximum absolute atomic E-state index is 13.0. The lowest BCUT2D eigenvalue weighted by Gasteiger charge is -2.07. The van der Waals surface area contributed by atoms with Crippen molar-refractivity contribution in [2.75, 3.05) is 19.5 Å². The van der Waals surface area contributed by atoms with E-state index in [1.807, 2.05) is 18.2 Å². The highest BCUT2D eigenvalue weighted by Gasteiger charge is 2.15. The Balaban J connectivity index is 1.89. The number of hydrogen-bond donors (Lipinski definition) is 1. The van der Waals surface area contributed by atoms with Gasteiger partial charge in [0.15, 0.2) is 5.13 Å². The number of hydrogen-bond acceptors (Lipinski definition) is 7. The smallest absolute Gasteiger partial charge is 0.262 e. The Morgan fingerprint density at radius 2 is 1.90 bits per heavy atom. The van der Waals surface area contributed by atoms with E-state index in [0.29, 0.717) is 27.9 Å². The molecule has 9 heteroatoms. The van der Waals surface area contributed by atoms with Crippen LogP contribution < -0.4 is 20.3 Å². The van der Waals surface area contributed by atoms with Gasteiger partial charge in [0.1, 0.15) is 22.6 Å². The summed E-state index contributed by atoms with van der Waals surface area (Å²) >= 11 is 4.77. The molecule has 1 N–H and O–H groups in total. The molecule has 7 nitrogen and oxygen atoms in total. The summed E-state index contributed by atoms with van der Waals surface area (Å²) in [6.07, 6.45) is 1.62. The van der Waals surface area contributed by atoms with Crippen molar-refractivity contribution in [1.82, 2.24) is 4.98 Å². The van der Waals surface area contributed by atoms with Crippen molar-refractivity contribution in [2.24, 2.45) is 4.99 Å². The zero-order valence-corrected chi connectivity index (χ0v) is 18.4. The Kier molecular flexibility index (Phi) is 5.82. The summed E-state index contributed by atoms with van der Waals surface area (Å²) in [4.78, 5) is 21.6. The van der Waals surface area contributed by atoms with Crippen molar-refractivity contribution in [3.05, 3.63) is 69.6 Å². The first kappa shape index (κ1) is 20.1. The molecule has 2 aromatic carbocycles. The predicted molar refractivity (Wildman–Crippen MR) is 119 cm³/mol. The number of methoxy groups -OCH3 is 2. The molecule has 0 aliphatic heterocycles. The van der Waals surface area contributed by atoms with Gasteiger partial charge >= 0.3 is 0 Å². The molecule has 0 saturated heterocycles. The topological polar surface area (TPSA) is 86.0 Å². The molecule has 0 bridgehead atoms. The fourth-order valence-corrected chi connectivity index (χ4v) is 3.67. The summed E-state index contributed by atoms with van der Waals surface area (Å²) in [7, 11) is 3.12. The molecule has 152 valence electrons. The number of rotatable bonds is 5. The van der Waals surface area contributed by atoms with Gasteiger partial charge in [-0.05, 0) is 24.3 Å². The number of nitrogens with one attached hydrogen (secondary N) is 1. The van der Waals surface area contributed by atoms with Crippen molar-refractivity contribution >= 4 is 55.0 Å². The molecular formula is C21H16BrN3O4S. The van der Waals surface area contributed by atoms with Crippen LogP contribution in [0.25, 0.3) is 11.0 Å². The van der Waals surface area contributed by atoms with Crippen LogP contribution in [-0.2, 0) is 0 Å². The van der Waals surface area contributed by atoms with Gasteiger partial charge in [0, 0.05) is 39.6 Å². The van der Waals surface area contributed by atoms with E-state index in [1.165, 1.54) is 11.3 Å². The standard InChI is InChI=1S/C21H16BrN3O4S/c1-27-15-9-14(10-16(11-15)28-2)24-20-17(19(26)25-21-23-5-6-30-21)8-12-7-13(22)3-4-18(12)29-20/h3-11H,1-2H3,(H,23,25,26). The summed E-state index contributed by atoms with van der Waals surface area (Å²) in [5.74, 6) is 0.780. The third-order valence-electron chi connectivity index (χ3n) is 4.17. The van der Waals surface area contributed by atoms with Gasteiger partial charge in [-0.15, -0.1) is 11.3 Å². The van der Waals surface area contributed by atoms with Gasteiger partial charge in [-0.25, -0.2) is 9.98 Å². The lowest BCUT2D eigenvalue weighted by atomic mass is 10.1. The van der Waals surface area contributed by atoms with Gasteiger partial charge in [0.25, 0.3) is 5.91 Å². The molecule has 0 aliphatic rings. The summed E-state index contributed by atoms with van der Waals surface area (Å²) in [5, 5.41) is 5.81. The van der Waals surface area contributed by atoms with Crippen LogP contribution in [0.3, 0.4) is 0 Å². The third-order valence-corrected chi connectivity index (χ3v) is 5.35. The van der Waals surface area contributed by atoms with Crippen LogP contribution in [0.5, 0.6) is 11.5 Å². The first-order valence-electron chi connectivity index (χ1n) is 8.78. The number of thiazole rings is 1. The largest absolute Gasteiger partial charge is 0.497 e. The van der Waals surface area contributed by atoms with Crippen LogP contribution in [0.2, 0.25) is 0 Å². The molecule has 4 aromatic rings. The second kappa shape index (κ2) is 8.68. The molecule has 0 fully saturated rings. The van der Waals surface area contributed by atoms with Crippen LogP contribution in [0.1, 0.15) is 10.4 Å². The van der Waals surface area contributed by atoms with Crippen LogP contribution in [0, 0.1) is 0 Å². The van der Waals surface area contributed by atoms with Gasteiger partial charge in [0.05, 0.1) is 19.9 Å². The average Bonchev–Trinajstić information content (AvgIpc) is 3.26. The molecule has 2 aromatic heterocycles. The molecule has 0 spiro atoms. The van der Waals surface area contributed by atoms with E-state index in [9.17, 15) is 4.79 Å². The highest BCUT2D eigenvalue weighted by atomic mass is 79.9. The zero-order valence-electron chi connectivity index (χ0n) is 16.0. The molecule has 0 unspecified atom stereocenters. The minimum Gasteiger partial charge on any atom is -0.497 e. The molecule has 0 atom stereocenters. The molecule has 1 amide bonds. The minimum atomic E-state index is -0.371. The summed E-state index contributed by atoms with van der Waals surface area (Å²) in [5.41, 5.74) is 1.55. The fraction of sp³-hybridized carbons (Fsp3) is 0.0952. The fourth-order valence-electron chi connectivity index (χ4n) is 2.77. The summed E-state index contributed by atoms with van der Waals surface area (Å²) < 4.78 is 17.5. The van der Waals surface area contributed by atoms with E-state index in [4.69, 9.17) is 13.9 Å². The van der Waals surface area contributed by atoms with Gasteiger partial charge in [-0.1, -0.05) is 15.9 Å². The quantitative estimate of drug-likeness (QED) is 0.422. The normalized spacial score (nSPS) is 11.5. The minimum absolute atomic E-state index is 0.161. The van der Waals surface area contributed by atoms with E-state index in [2.05, 4.69) is 31.2 Å². The zero-order chi connectivity index (χ0) is 21.1. The average molecular weight is 486 g/mol. The maximum atomic E-state index is 13.0. The Morgan fingerprint density at radius 1 is 1.13 bits per heavy atom. The maximum Gasteiger partial charge on any atom is 0.262 e. The number of amides is 1. The van der Waals surface area contributed by atoms with Crippen LogP contribution >= 0.6 is 27.3 Å². The van der Waals surface area contributed by atoms with Crippen molar-refractivity contribution in [2.45, 2.75) is 0 Å². The highest BCUT2D eigenvalue weighted by Crippen LogP contribution is 2.28. The number of benzene rings is 2. The predicted octanol–water partition coefficient (Wildman–Crippen LogP) is 5.15. The van der Waals surface area contributed by atoms with Crippen LogP contribution in [-0.4, -0.2) is 25.1 Å². The van der Waals surface area contributed by atoms with Gasteiger partial charge in [0.2, 0.25) is 5.55 Å². The SMILES string of the molecule is COc1cc(N=c2oc3ccc(Br)cc3cc2C(=O)Nc2nccs2)cc(OC)c1. The molecule has 0 radical (unpaired) electrons. The second-order valence-corrected chi connectivity index (χ2v) is 7.93. The number of fused-ring (bicyclic) bond motifs is 1. The van der Waals surface area contributed by atoms with Crippen molar-refractivity contribution in [3.63, 3.8) is 0 Å². The molecule has 30 heavy (non-hydrogen) atoms. The highest BCUT2D eigenvalue weighted by molar-refractivity contribution is 9.10. The van der Waals surface area contributed by atoms with Crippen LogP contribution in [0.15, 0.2) is 67.9 Å². The Bertz CT molecular complexity index is 1260. The summed E-state index contributed by atoms with van der Waals surface area (Å²) in [6.45, 7) is 0. The number of nitrogens with zero attached hydrogens (tertiary/aromatic N) is 2. The molecule has 4 rings (SSSR count). The van der Waals surface area contributed by atoms with E-state index >= 15 is 0 Å². The van der Waals surface area contributed by atoms with Gasteiger partial charge < -0.3 is 13.9 Å². The van der Waals surface area contributed by atoms with E-state index in [-0.39, 0.29) is 17.0 Å². The first-order valence-corrected chi connectivity index (χ1v) is 10.4. The van der Waals surface area contributed by atoms with Crippen LogP contribution in [0.4, 0.5) is 10.8 Å². The molecule has 0 aliphatic carbocycles. The first-order chi connectivity index (χ1) is 14.6. The third kappa shape index (κ3) is 4.37. The number of carbonyl (C=O) groups excluding carboxylic acids is 1. The molecular weight excluding hydrogens is 470 g/mol. The van der Waals surface area contributed by atoms with Crippen molar-refractivity contribution < 1.29 is 18.7 Å². The Labute approximate surface area is 184 Å². The second-order valence-electron chi connectivity index (χ2n) is 6.12. The number of anilines is 1. The lowest BCUT2D eigenvalue weighted by Crippen LogP contribution is -2.21. The van der Waals surface area contributed by atoms with E-state index in [0.717, 1.165) is 9.86 Å². The molecule has 2 heterocycles. The number of ether oxygens (including phenoxy) is 2. The van der Waals surface area contributed by atoms with E-state index in [1.54, 1.807) is 50.1 Å². The number of carbonyl (C=O) groups is 1. The van der Waals surface area contributed by atoms with E-state index < -0.39 is 0 Å². The number of aromatic nitrogens is 1. The van der Waals surface area contributed by atoms with Gasteiger partial charge in [-0.2, -0.15) is 0 Å². The lowest BCUT2D eigenvalue weighted by molar-refractivity contribution is 0.102. The van der Waals surface area contributed by atoms with Gasteiger partial charge in [-0.3, -0.25) is 10.1 Å². The summed E-state index contributed by atoms with van der Waals surface area (Å²) in [6, 6.07) is 12.5. The Hall–Kier alpha value is -3.17.